The second-order valence-corrected chi connectivity index (χ2v) is 8.48. The molecule has 1 aromatic carbocycles. The van der Waals surface area contributed by atoms with Crippen LogP contribution in [0.5, 0.6) is 0 Å². The van der Waals surface area contributed by atoms with Crippen molar-refractivity contribution in [2.24, 2.45) is 22.7 Å². The molecule has 128 valence electrons. The van der Waals surface area contributed by atoms with Crippen LogP contribution in [0.2, 0.25) is 0 Å². The number of carbonyl (C=O) groups is 2. The van der Waals surface area contributed by atoms with Crippen LogP contribution < -0.4 is 0 Å². The van der Waals surface area contributed by atoms with Crippen molar-refractivity contribution in [1.29, 1.82) is 0 Å². The Morgan fingerprint density at radius 1 is 1.21 bits per heavy atom. The topological polar surface area (TPSA) is 57.6 Å². The summed E-state index contributed by atoms with van der Waals surface area (Å²) in [6.45, 7) is 5.29. The van der Waals surface area contributed by atoms with Gasteiger partial charge in [-0.05, 0) is 36.2 Å². The first-order chi connectivity index (χ1) is 11.4. The van der Waals surface area contributed by atoms with Gasteiger partial charge in [0.2, 0.25) is 5.91 Å². The second kappa shape index (κ2) is 5.16. The highest BCUT2D eigenvalue weighted by atomic mass is 16.3. The molecule has 4 rings (SSSR count). The van der Waals surface area contributed by atoms with Gasteiger partial charge in [-0.15, -0.1) is 0 Å². The minimum Gasteiger partial charge on any atom is -0.392 e. The number of aliphatic hydroxyl groups excluding tert-OH is 1. The van der Waals surface area contributed by atoms with Gasteiger partial charge in [-0.3, -0.25) is 9.59 Å². The zero-order valence-corrected chi connectivity index (χ0v) is 14.4. The summed E-state index contributed by atoms with van der Waals surface area (Å²) >= 11 is 0. The molecule has 1 amide bonds. The van der Waals surface area contributed by atoms with Crippen molar-refractivity contribution in [3.8, 4) is 0 Å². The van der Waals surface area contributed by atoms with Crippen LogP contribution in [0, 0.1) is 22.7 Å². The molecule has 4 atom stereocenters. The second-order valence-electron chi connectivity index (χ2n) is 8.48. The van der Waals surface area contributed by atoms with E-state index in [1.165, 1.54) is 0 Å². The number of aliphatic hydroxyl groups is 1. The van der Waals surface area contributed by atoms with E-state index < -0.39 is 17.4 Å². The Balaban J connectivity index is 1.68. The van der Waals surface area contributed by atoms with E-state index in [2.05, 4.69) is 0 Å². The molecule has 2 aliphatic carbocycles. The molecule has 4 nitrogen and oxygen atoms in total. The zero-order chi connectivity index (χ0) is 17.1. The summed E-state index contributed by atoms with van der Waals surface area (Å²) < 4.78 is 0. The minimum atomic E-state index is -0.888. The molecule has 24 heavy (non-hydrogen) atoms. The van der Waals surface area contributed by atoms with E-state index in [0.29, 0.717) is 25.9 Å². The average molecular weight is 327 g/mol. The monoisotopic (exact) mass is 327 g/mol. The number of piperidine rings is 1. The summed E-state index contributed by atoms with van der Waals surface area (Å²) in [5.41, 5.74) is -0.102. The van der Waals surface area contributed by atoms with Gasteiger partial charge in [-0.2, -0.15) is 0 Å². The number of nitrogens with zero attached hydrogens (tertiary/aromatic N) is 1. The Bertz CT molecular complexity index is 683. The number of amides is 1. The standard InChI is InChI=1S/C20H25NO3/c1-19(2)12-20-14(10-15(22)16(19)17(20)23)8-9-21(18(20)24)11-13-6-4-3-5-7-13/h3-7,14-16,22H,8-12H2,1-2H3/t14-,15+,16+,20+/m0/s1. The number of benzene rings is 1. The maximum Gasteiger partial charge on any atom is 0.236 e. The third-order valence-corrected chi connectivity index (χ3v) is 6.54. The smallest absolute Gasteiger partial charge is 0.236 e. The lowest BCUT2D eigenvalue weighted by Gasteiger charge is -2.47. The molecule has 2 bridgehead atoms. The summed E-state index contributed by atoms with van der Waals surface area (Å²) in [6, 6.07) is 9.95. The first-order valence-electron chi connectivity index (χ1n) is 8.92. The quantitative estimate of drug-likeness (QED) is 0.849. The zero-order valence-electron chi connectivity index (χ0n) is 14.4. The molecule has 0 aromatic heterocycles. The fourth-order valence-corrected chi connectivity index (χ4v) is 5.59. The molecule has 1 saturated heterocycles. The Labute approximate surface area is 142 Å². The number of fused-ring (bicyclic) bond motifs is 1. The molecular formula is C20H25NO3. The number of likely N-dealkylation sites (tertiary alicyclic amines) is 1. The van der Waals surface area contributed by atoms with E-state index in [4.69, 9.17) is 0 Å². The van der Waals surface area contributed by atoms with Gasteiger partial charge in [-0.25, -0.2) is 0 Å². The van der Waals surface area contributed by atoms with Gasteiger partial charge in [0.15, 0.2) is 5.78 Å². The average Bonchev–Trinajstić information content (AvgIpc) is 2.68. The molecule has 4 heteroatoms. The van der Waals surface area contributed by atoms with Crippen molar-refractivity contribution in [1.82, 2.24) is 4.90 Å². The van der Waals surface area contributed by atoms with Crippen LogP contribution in [0.4, 0.5) is 0 Å². The lowest BCUT2D eigenvalue weighted by atomic mass is 9.62. The van der Waals surface area contributed by atoms with Gasteiger partial charge in [0.05, 0.1) is 6.10 Å². The number of carbonyl (C=O) groups excluding carboxylic acids is 2. The molecule has 1 heterocycles. The van der Waals surface area contributed by atoms with Gasteiger partial charge < -0.3 is 10.0 Å². The van der Waals surface area contributed by atoms with Crippen LogP contribution in [0.1, 0.15) is 38.7 Å². The van der Waals surface area contributed by atoms with Gasteiger partial charge in [0.1, 0.15) is 5.41 Å². The highest BCUT2D eigenvalue weighted by Crippen LogP contribution is 2.62. The summed E-state index contributed by atoms with van der Waals surface area (Å²) in [5, 5.41) is 10.5. The van der Waals surface area contributed by atoms with Crippen molar-refractivity contribution in [2.45, 2.75) is 45.8 Å². The van der Waals surface area contributed by atoms with E-state index >= 15 is 0 Å². The molecule has 1 aromatic rings. The van der Waals surface area contributed by atoms with E-state index in [9.17, 15) is 14.7 Å². The van der Waals surface area contributed by atoms with Crippen LogP contribution in [0.3, 0.4) is 0 Å². The molecule has 1 spiro atoms. The first-order valence-corrected chi connectivity index (χ1v) is 8.92. The highest BCUT2D eigenvalue weighted by Gasteiger charge is 2.70. The van der Waals surface area contributed by atoms with Crippen LogP contribution in [-0.4, -0.2) is 34.3 Å². The molecule has 0 unspecified atom stereocenters. The van der Waals surface area contributed by atoms with Crippen molar-refractivity contribution < 1.29 is 14.7 Å². The van der Waals surface area contributed by atoms with E-state index in [0.717, 1.165) is 12.0 Å². The molecule has 3 aliphatic rings. The Morgan fingerprint density at radius 2 is 1.92 bits per heavy atom. The number of hydrogen-bond acceptors (Lipinski definition) is 3. The fraction of sp³-hybridized carbons (Fsp3) is 0.600. The Morgan fingerprint density at radius 3 is 2.62 bits per heavy atom. The van der Waals surface area contributed by atoms with Gasteiger partial charge in [0, 0.05) is 19.0 Å². The SMILES string of the molecule is CC1(C)C[C@]23C(=O)[C@H]1[C@H](O)C[C@@H]2CCN(Cc1ccccc1)C3=O. The molecule has 2 saturated carbocycles. The Hall–Kier alpha value is -1.68. The van der Waals surface area contributed by atoms with Crippen LogP contribution in [-0.2, 0) is 16.1 Å². The van der Waals surface area contributed by atoms with Crippen LogP contribution in [0.15, 0.2) is 30.3 Å². The number of ketones is 1. The summed E-state index contributed by atoms with van der Waals surface area (Å²) in [5.74, 6) is -0.402. The number of hydrogen-bond donors (Lipinski definition) is 1. The van der Waals surface area contributed by atoms with E-state index in [-0.39, 0.29) is 23.0 Å². The third-order valence-electron chi connectivity index (χ3n) is 6.54. The van der Waals surface area contributed by atoms with E-state index in [1.807, 2.05) is 49.1 Å². The van der Waals surface area contributed by atoms with Crippen LogP contribution >= 0.6 is 0 Å². The fourth-order valence-electron chi connectivity index (χ4n) is 5.59. The molecule has 1 aliphatic heterocycles. The maximum absolute atomic E-state index is 13.4. The highest BCUT2D eigenvalue weighted by molar-refractivity contribution is 6.10. The predicted octanol–water partition coefficient (Wildman–Crippen LogP) is 2.40. The predicted molar refractivity (Wildman–Crippen MR) is 89.9 cm³/mol. The minimum absolute atomic E-state index is 0.000915. The van der Waals surface area contributed by atoms with Gasteiger partial charge in [-0.1, -0.05) is 44.2 Å². The first kappa shape index (κ1) is 15.8. The number of Topliss-reactive ketones (excluding diaryl/α,β-unsaturated/α-hetero) is 1. The Kier molecular flexibility index (Phi) is 3.40. The van der Waals surface area contributed by atoms with E-state index in [1.54, 1.807) is 0 Å². The van der Waals surface area contributed by atoms with Crippen molar-refractivity contribution >= 4 is 11.7 Å². The van der Waals surface area contributed by atoms with Crippen LogP contribution in [0.25, 0.3) is 0 Å². The van der Waals surface area contributed by atoms with Gasteiger partial charge in [0.25, 0.3) is 0 Å². The third kappa shape index (κ3) is 2.02. The van der Waals surface area contributed by atoms with Crippen molar-refractivity contribution in [3.63, 3.8) is 0 Å². The summed E-state index contributed by atoms with van der Waals surface area (Å²) in [6.07, 6.45) is 1.38. The molecule has 3 fully saturated rings. The molecule has 1 N–H and O–H groups in total. The summed E-state index contributed by atoms with van der Waals surface area (Å²) in [4.78, 5) is 28.4. The van der Waals surface area contributed by atoms with Crippen molar-refractivity contribution in [2.75, 3.05) is 6.54 Å². The lowest BCUT2D eigenvalue weighted by molar-refractivity contribution is -0.164. The normalized spacial score (nSPS) is 37.5. The maximum atomic E-state index is 13.4. The van der Waals surface area contributed by atoms with Crippen molar-refractivity contribution in [3.05, 3.63) is 35.9 Å². The largest absolute Gasteiger partial charge is 0.392 e. The molecular weight excluding hydrogens is 302 g/mol. The van der Waals surface area contributed by atoms with Gasteiger partial charge >= 0.3 is 0 Å². The molecule has 0 radical (unpaired) electrons. The summed E-state index contributed by atoms with van der Waals surface area (Å²) in [7, 11) is 0. The lowest BCUT2D eigenvalue weighted by Crippen LogP contribution is -2.59. The number of rotatable bonds is 2.